The van der Waals surface area contributed by atoms with Crippen LogP contribution < -0.4 is 5.32 Å². The summed E-state index contributed by atoms with van der Waals surface area (Å²) in [5.74, 6) is 0. The second-order valence-corrected chi connectivity index (χ2v) is 4.13. The molecule has 0 aliphatic rings. The second-order valence-electron chi connectivity index (χ2n) is 3.50. The Bertz CT molecular complexity index is 427. The minimum absolute atomic E-state index is 0.0298. The van der Waals surface area contributed by atoms with Gasteiger partial charge in [-0.1, -0.05) is 23.2 Å². The molecule has 0 fully saturated rings. The van der Waals surface area contributed by atoms with Crippen LogP contribution in [0.4, 0.5) is 18.9 Å². The number of alkyl halides is 3. The van der Waals surface area contributed by atoms with Crippen molar-refractivity contribution in [2.45, 2.75) is 13.1 Å². The third-order valence-corrected chi connectivity index (χ3v) is 2.73. The van der Waals surface area contributed by atoms with Crippen molar-refractivity contribution in [1.29, 1.82) is 0 Å². The Kier molecular flexibility index (Phi) is 4.71. The maximum atomic E-state index is 12.4. The molecule has 0 saturated carbocycles. The molecule has 1 nitrogen and oxygen atoms in total. The molecule has 0 heterocycles. The van der Waals surface area contributed by atoms with E-state index < -0.39 is 11.7 Å². The first-order valence-electron chi connectivity index (χ1n) is 4.71. The van der Waals surface area contributed by atoms with Crippen LogP contribution in [-0.4, -0.2) is 6.54 Å². The third-order valence-electron chi connectivity index (χ3n) is 2.04. The van der Waals surface area contributed by atoms with Crippen molar-refractivity contribution in [3.63, 3.8) is 0 Å². The highest BCUT2D eigenvalue weighted by molar-refractivity contribution is 6.33. The fraction of sp³-hybridized carbons (Fsp3) is 0.273. The fourth-order valence-corrected chi connectivity index (χ4v) is 1.43. The second kappa shape index (κ2) is 5.65. The van der Waals surface area contributed by atoms with Gasteiger partial charge < -0.3 is 5.32 Å². The van der Waals surface area contributed by atoms with Crippen LogP contribution >= 0.6 is 23.2 Å². The van der Waals surface area contributed by atoms with Crippen LogP contribution in [0, 0.1) is 0 Å². The van der Waals surface area contributed by atoms with E-state index in [0.717, 1.165) is 17.7 Å². The molecule has 0 bridgehead atoms. The van der Waals surface area contributed by atoms with E-state index in [0.29, 0.717) is 12.2 Å². The molecule has 0 saturated heterocycles. The van der Waals surface area contributed by atoms with Crippen LogP contribution in [0.2, 0.25) is 5.02 Å². The van der Waals surface area contributed by atoms with E-state index in [-0.39, 0.29) is 5.02 Å². The number of hydrogen-bond donors (Lipinski definition) is 1. The van der Waals surface area contributed by atoms with Crippen molar-refractivity contribution in [1.82, 2.24) is 0 Å². The summed E-state index contributed by atoms with van der Waals surface area (Å²) in [6.45, 7) is 2.21. The molecule has 94 valence electrons. The topological polar surface area (TPSA) is 12.0 Å². The van der Waals surface area contributed by atoms with Crippen molar-refractivity contribution < 1.29 is 13.2 Å². The summed E-state index contributed by atoms with van der Waals surface area (Å²) < 4.78 is 37.1. The molecular weight excluding hydrogens is 274 g/mol. The monoisotopic (exact) mass is 283 g/mol. The van der Waals surface area contributed by atoms with E-state index in [1.165, 1.54) is 11.6 Å². The van der Waals surface area contributed by atoms with Crippen molar-refractivity contribution in [3.8, 4) is 0 Å². The zero-order valence-corrected chi connectivity index (χ0v) is 10.4. The Labute approximate surface area is 107 Å². The highest BCUT2D eigenvalue weighted by Crippen LogP contribution is 2.33. The molecule has 1 aromatic rings. The molecule has 0 aliphatic carbocycles. The summed E-state index contributed by atoms with van der Waals surface area (Å²) in [4.78, 5) is 0. The van der Waals surface area contributed by atoms with Crippen molar-refractivity contribution >= 4 is 28.9 Å². The highest BCUT2D eigenvalue weighted by Gasteiger charge is 2.30. The smallest absolute Gasteiger partial charge is 0.380 e. The number of halogens is 5. The van der Waals surface area contributed by atoms with Crippen LogP contribution in [0.1, 0.15) is 12.5 Å². The number of anilines is 1. The molecule has 1 rings (SSSR count). The standard InChI is InChI=1S/C11H10Cl2F3N/c1-7(5-12)6-17-10-3-2-8(4-9(10)13)11(14,15)16/h2-5,17H,6H2,1H3/b7-5-. The molecule has 6 heteroatoms. The van der Waals surface area contributed by atoms with Crippen LogP contribution in [0.15, 0.2) is 29.3 Å². The maximum absolute atomic E-state index is 12.4. The van der Waals surface area contributed by atoms with Crippen molar-refractivity contribution in [2.75, 3.05) is 11.9 Å². The average Bonchev–Trinajstić information content (AvgIpc) is 2.25. The number of nitrogens with one attached hydrogen (secondary N) is 1. The van der Waals surface area contributed by atoms with Crippen molar-refractivity contribution in [3.05, 3.63) is 39.9 Å². The first kappa shape index (κ1) is 14.2. The van der Waals surface area contributed by atoms with Gasteiger partial charge in [-0.25, -0.2) is 0 Å². The van der Waals surface area contributed by atoms with E-state index in [1.54, 1.807) is 6.92 Å². The molecule has 0 unspecified atom stereocenters. The summed E-state index contributed by atoms with van der Waals surface area (Å²) in [5.41, 5.74) is 1.92. The molecule has 0 amide bonds. The largest absolute Gasteiger partial charge is 0.416 e. The molecule has 1 N–H and O–H groups in total. The molecule has 0 spiro atoms. The Morgan fingerprint density at radius 1 is 1.41 bits per heavy atom. The Morgan fingerprint density at radius 3 is 2.53 bits per heavy atom. The summed E-state index contributed by atoms with van der Waals surface area (Å²) in [7, 11) is 0. The number of hydrogen-bond acceptors (Lipinski definition) is 1. The van der Waals surface area contributed by atoms with Gasteiger partial charge in [-0.3, -0.25) is 0 Å². The van der Waals surface area contributed by atoms with Crippen LogP contribution in [0.3, 0.4) is 0 Å². The quantitative estimate of drug-likeness (QED) is 0.831. The number of rotatable bonds is 3. The lowest BCUT2D eigenvalue weighted by Crippen LogP contribution is -2.07. The van der Waals surface area contributed by atoms with Gasteiger partial charge in [0.15, 0.2) is 0 Å². The maximum Gasteiger partial charge on any atom is 0.416 e. The van der Waals surface area contributed by atoms with Gasteiger partial charge in [0, 0.05) is 12.1 Å². The Morgan fingerprint density at radius 2 is 2.06 bits per heavy atom. The summed E-state index contributed by atoms with van der Waals surface area (Å²) in [6.07, 6.45) is -4.38. The lowest BCUT2D eigenvalue weighted by molar-refractivity contribution is -0.137. The van der Waals surface area contributed by atoms with E-state index in [1.807, 2.05) is 0 Å². The predicted octanol–water partition coefficient (Wildman–Crippen LogP) is 4.91. The van der Waals surface area contributed by atoms with Gasteiger partial charge in [-0.2, -0.15) is 13.2 Å². The van der Waals surface area contributed by atoms with E-state index in [2.05, 4.69) is 5.32 Å². The average molecular weight is 284 g/mol. The minimum atomic E-state index is -4.38. The molecular formula is C11H10Cl2F3N. The molecule has 0 radical (unpaired) electrons. The van der Waals surface area contributed by atoms with Gasteiger partial charge in [0.2, 0.25) is 0 Å². The van der Waals surface area contributed by atoms with E-state index in [4.69, 9.17) is 23.2 Å². The first-order chi connectivity index (χ1) is 7.84. The molecule has 0 aromatic heterocycles. The molecule has 0 aliphatic heterocycles. The van der Waals surface area contributed by atoms with Crippen LogP contribution in [0.25, 0.3) is 0 Å². The Balaban J connectivity index is 2.84. The molecule has 0 atom stereocenters. The Hall–Kier alpha value is -0.870. The van der Waals surface area contributed by atoms with Gasteiger partial charge in [0.1, 0.15) is 0 Å². The zero-order chi connectivity index (χ0) is 13.1. The SMILES string of the molecule is C/C(=C/Cl)CNc1ccc(C(F)(F)F)cc1Cl. The summed E-state index contributed by atoms with van der Waals surface area (Å²) in [5, 5.41) is 2.92. The lowest BCUT2D eigenvalue weighted by atomic mass is 10.2. The normalized spacial score (nSPS) is 12.7. The van der Waals surface area contributed by atoms with Gasteiger partial charge >= 0.3 is 6.18 Å². The third kappa shape index (κ3) is 4.13. The minimum Gasteiger partial charge on any atom is -0.380 e. The molecule has 1 aromatic carbocycles. The van der Waals surface area contributed by atoms with Gasteiger partial charge in [-0.05, 0) is 30.7 Å². The number of benzene rings is 1. The molecule has 17 heavy (non-hydrogen) atoms. The lowest BCUT2D eigenvalue weighted by Gasteiger charge is -2.11. The van der Waals surface area contributed by atoms with E-state index >= 15 is 0 Å². The van der Waals surface area contributed by atoms with Crippen LogP contribution in [0.5, 0.6) is 0 Å². The summed E-state index contributed by atoms with van der Waals surface area (Å²) >= 11 is 11.2. The van der Waals surface area contributed by atoms with Gasteiger partial charge in [0.25, 0.3) is 0 Å². The van der Waals surface area contributed by atoms with Crippen molar-refractivity contribution in [2.24, 2.45) is 0 Å². The van der Waals surface area contributed by atoms with Gasteiger partial charge in [0.05, 0.1) is 16.3 Å². The predicted molar refractivity (Wildman–Crippen MR) is 64.6 cm³/mol. The zero-order valence-electron chi connectivity index (χ0n) is 8.91. The van der Waals surface area contributed by atoms with Gasteiger partial charge in [-0.15, -0.1) is 0 Å². The fourth-order valence-electron chi connectivity index (χ4n) is 1.11. The first-order valence-corrected chi connectivity index (χ1v) is 5.52. The summed E-state index contributed by atoms with van der Waals surface area (Å²) in [6, 6.07) is 3.17. The van der Waals surface area contributed by atoms with E-state index in [9.17, 15) is 13.2 Å². The van der Waals surface area contributed by atoms with Crippen LogP contribution in [-0.2, 0) is 6.18 Å². The highest BCUT2D eigenvalue weighted by atomic mass is 35.5.